The third-order valence-corrected chi connectivity index (χ3v) is 4.05. The van der Waals surface area contributed by atoms with Crippen molar-refractivity contribution < 1.29 is 4.74 Å². The zero-order valence-electron chi connectivity index (χ0n) is 12.9. The molecule has 0 unspecified atom stereocenters. The van der Waals surface area contributed by atoms with Crippen LogP contribution in [0.1, 0.15) is 11.4 Å². The van der Waals surface area contributed by atoms with Crippen LogP contribution < -0.4 is 4.90 Å². The molecule has 3 heterocycles. The van der Waals surface area contributed by atoms with Gasteiger partial charge in [0.15, 0.2) is 0 Å². The van der Waals surface area contributed by atoms with Crippen molar-refractivity contribution in [3.8, 4) is 11.8 Å². The number of morpholine rings is 1. The summed E-state index contributed by atoms with van der Waals surface area (Å²) >= 11 is 0. The first-order valence-corrected chi connectivity index (χ1v) is 7.60. The fourth-order valence-corrected chi connectivity index (χ4v) is 2.72. The summed E-state index contributed by atoms with van der Waals surface area (Å²) in [4.78, 5) is 6.38. The van der Waals surface area contributed by atoms with Gasteiger partial charge in [0, 0.05) is 31.2 Å². The second-order valence-corrected chi connectivity index (χ2v) is 5.54. The lowest BCUT2D eigenvalue weighted by Gasteiger charge is -2.28. The largest absolute Gasteiger partial charge is 0.378 e. The molecule has 6 heteroatoms. The number of ether oxygens (including phenoxy) is 1. The van der Waals surface area contributed by atoms with E-state index in [0.717, 1.165) is 48.6 Å². The highest BCUT2D eigenvalue weighted by Gasteiger charge is 2.13. The number of anilines is 1. The van der Waals surface area contributed by atoms with E-state index in [4.69, 9.17) is 4.74 Å². The first kappa shape index (κ1) is 13.9. The summed E-state index contributed by atoms with van der Waals surface area (Å²) in [6.45, 7) is 3.40. The SMILES string of the molecule is Cn1cncc1C#Cc1[nH]nc2cc(N3CCOCC3)ccc12. The van der Waals surface area contributed by atoms with Gasteiger partial charge in [-0.15, -0.1) is 0 Å². The summed E-state index contributed by atoms with van der Waals surface area (Å²) in [6, 6.07) is 6.31. The normalized spacial score (nSPS) is 14.7. The number of aromatic amines is 1. The van der Waals surface area contributed by atoms with E-state index in [-0.39, 0.29) is 0 Å². The Labute approximate surface area is 134 Å². The van der Waals surface area contributed by atoms with Crippen molar-refractivity contribution in [2.24, 2.45) is 7.05 Å². The smallest absolute Gasteiger partial charge is 0.116 e. The number of nitrogens with one attached hydrogen (secondary N) is 1. The van der Waals surface area contributed by atoms with Crippen LogP contribution in [0.5, 0.6) is 0 Å². The van der Waals surface area contributed by atoms with Crippen molar-refractivity contribution in [3.05, 3.63) is 42.1 Å². The molecule has 0 aliphatic carbocycles. The van der Waals surface area contributed by atoms with Crippen molar-refractivity contribution in [3.63, 3.8) is 0 Å². The quantitative estimate of drug-likeness (QED) is 0.693. The molecule has 0 spiro atoms. The van der Waals surface area contributed by atoms with Crippen LogP contribution in [0.4, 0.5) is 5.69 Å². The summed E-state index contributed by atoms with van der Waals surface area (Å²) < 4.78 is 7.29. The highest BCUT2D eigenvalue weighted by atomic mass is 16.5. The van der Waals surface area contributed by atoms with Crippen LogP contribution in [0.15, 0.2) is 30.7 Å². The topological polar surface area (TPSA) is 59.0 Å². The Kier molecular flexibility index (Phi) is 3.48. The third-order valence-electron chi connectivity index (χ3n) is 4.05. The molecule has 23 heavy (non-hydrogen) atoms. The summed E-state index contributed by atoms with van der Waals surface area (Å²) in [5.74, 6) is 6.27. The molecule has 3 aromatic rings. The Morgan fingerprint density at radius 2 is 2.09 bits per heavy atom. The van der Waals surface area contributed by atoms with E-state index >= 15 is 0 Å². The zero-order chi connectivity index (χ0) is 15.6. The molecule has 1 N–H and O–H groups in total. The number of imidazole rings is 1. The fraction of sp³-hybridized carbons (Fsp3) is 0.294. The first-order valence-electron chi connectivity index (χ1n) is 7.60. The Hall–Kier alpha value is -2.78. The molecule has 116 valence electrons. The molecule has 0 atom stereocenters. The molecule has 0 saturated carbocycles. The molecular formula is C17H17N5O. The first-order chi connectivity index (χ1) is 11.3. The van der Waals surface area contributed by atoms with E-state index in [1.54, 1.807) is 12.5 Å². The van der Waals surface area contributed by atoms with Crippen molar-refractivity contribution in [1.82, 2.24) is 19.7 Å². The van der Waals surface area contributed by atoms with Gasteiger partial charge < -0.3 is 14.2 Å². The Balaban J connectivity index is 1.65. The van der Waals surface area contributed by atoms with Gasteiger partial charge in [0.25, 0.3) is 0 Å². The molecule has 0 bridgehead atoms. The molecule has 1 fully saturated rings. The minimum atomic E-state index is 0.778. The van der Waals surface area contributed by atoms with Gasteiger partial charge in [-0.05, 0) is 30.0 Å². The van der Waals surface area contributed by atoms with Crippen molar-refractivity contribution >= 4 is 16.6 Å². The molecule has 4 rings (SSSR count). The van der Waals surface area contributed by atoms with E-state index < -0.39 is 0 Å². The summed E-state index contributed by atoms with van der Waals surface area (Å²) in [5.41, 5.74) is 3.81. The van der Waals surface area contributed by atoms with Crippen LogP contribution in [0.2, 0.25) is 0 Å². The third kappa shape index (κ3) is 2.67. The van der Waals surface area contributed by atoms with Crippen LogP contribution in [-0.4, -0.2) is 46.1 Å². The van der Waals surface area contributed by atoms with E-state index in [2.05, 4.69) is 50.1 Å². The van der Waals surface area contributed by atoms with Crippen LogP contribution in [0, 0.1) is 11.8 Å². The predicted octanol–water partition coefficient (Wildman–Crippen LogP) is 1.53. The molecule has 0 amide bonds. The maximum atomic E-state index is 5.40. The average Bonchev–Trinajstić information content (AvgIpc) is 3.19. The van der Waals surface area contributed by atoms with Gasteiger partial charge >= 0.3 is 0 Å². The number of H-pyrrole nitrogens is 1. The van der Waals surface area contributed by atoms with Gasteiger partial charge in [0.05, 0.1) is 31.3 Å². The van der Waals surface area contributed by atoms with Gasteiger partial charge in [-0.25, -0.2) is 4.98 Å². The maximum absolute atomic E-state index is 5.40. The van der Waals surface area contributed by atoms with Crippen molar-refractivity contribution in [2.75, 3.05) is 31.2 Å². The highest BCUT2D eigenvalue weighted by Crippen LogP contribution is 2.23. The number of aryl methyl sites for hydroxylation is 1. The van der Waals surface area contributed by atoms with Crippen LogP contribution in [0.3, 0.4) is 0 Å². The Morgan fingerprint density at radius 3 is 2.87 bits per heavy atom. The number of hydrogen-bond acceptors (Lipinski definition) is 4. The molecule has 1 aromatic carbocycles. The van der Waals surface area contributed by atoms with E-state index in [0.29, 0.717) is 0 Å². The number of nitrogens with zero attached hydrogens (tertiary/aromatic N) is 4. The zero-order valence-corrected chi connectivity index (χ0v) is 12.9. The van der Waals surface area contributed by atoms with Gasteiger partial charge in [0.2, 0.25) is 0 Å². The minimum Gasteiger partial charge on any atom is -0.378 e. The Morgan fingerprint density at radius 1 is 1.22 bits per heavy atom. The number of benzene rings is 1. The van der Waals surface area contributed by atoms with Crippen LogP contribution >= 0.6 is 0 Å². The lowest BCUT2D eigenvalue weighted by molar-refractivity contribution is 0.122. The van der Waals surface area contributed by atoms with Crippen molar-refractivity contribution in [1.29, 1.82) is 0 Å². The summed E-state index contributed by atoms with van der Waals surface area (Å²) in [6.07, 6.45) is 3.49. The Bertz CT molecular complexity index is 892. The number of aromatic nitrogens is 4. The monoisotopic (exact) mass is 307 g/mol. The number of hydrogen-bond donors (Lipinski definition) is 1. The molecule has 6 nitrogen and oxygen atoms in total. The van der Waals surface area contributed by atoms with Crippen LogP contribution in [-0.2, 0) is 11.8 Å². The summed E-state index contributed by atoms with van der Waals surface area (Å²) in [7, 11) is 1.93. The van der Waals surface area contributed by atoms with Crippen molar-refractivity contribution in [2.45, 2.75) is 0 Å². The molecule has 1 aliphatic rings. The maximum Gasteiger partial charge on any atom is 0.116 e. The molecule has 0 radical (unpaired) electrons. The summed E-state index contributed by atoms with van der Waals surface area (Å²) in [5, 5.41) is 8.46. The molecule has 1 saturated heterocycles. The highest BCUT2D eigenvalue weighted by molar-refractivity contribution is 5.87. The van der Waals surface area contributed by atoms with E-state index in [1.807, 2.05) is 11.6 Å². The second kappa shape index (κ2) is 5.78. The number of rotatable bonds is 1. The molecule has 2 aromatic heterocycles. The lowest BCUT2D eigenvalue weighted by atomic mass is 10.1. The van der Waals surface area contributed by atoms with Gasteiger partial charge in [-0.3, -0.25) is 5.10 Å². The minimum absolute atomic E-state index is 0.778. The number of fused-ring (bicyclic) bond motifs is 1. The molecular weight excluding hydrogens is 290 g/mol. The molecule has 1 aliphatic heterocycles. The van der Waals surface area contributed by atoms with Gasteiger partial charge in [-0.1, -0.05) is 0 Å². The fourth-order valence-electron chi connectivity index (χ4n) is 2.72. The predicted molar refractivity (Wildman–Crippen MR) is 88.3 cm³/mol. The van der Waals surface area contributed by atoms with Gasteiger partial charge in [0.1, 0.15) is 11.4 Å². The standard InChI is InChI=1S/C17H17N5O/c1-21-12-18-11-14(21)3-5-16-15-4-2-13(10-17(15)20-19-16)22-6-8-23-9-7-22/h2,4,10-12H,6-9H2,1H3,(H,19,20). The van der Waals surface area contributed by atoms with Crippen LogP contribution in [0.25, 0.3) is 10.9 Å². The average molecular weight is 307 g/mol. The lowest BCUT2D eigenvalue weighted by Crippen LogP contribution is -2.36. The second-order valence-electron chi connectivity index (χ2n) is 5.54. The van der Waals surface area contributed by atoms with Gasteiger partial charge in [-0.2, -0.15) is 5.10 Å². The van der Waals surface area contributed by atoms with E-state index in [9.17, 15) is 0 Å². The van der Waals surface area contributed by atoms with E-state index in [1.165, 1.54) is 5.69 Å².